The van der Waals surface area contributed by atoms with Gasteiger partial charge in [-0.25, -0.2) is 4.98 Å². The number of rotatable bonds is 4. The van der Waals surface area contributed by atoms with E-state index in [0.717, 1.165) is 16.5 Å². The van der Waals surface area contributed by atoms with Crippen molar-refractivity contribution >= 4 is 22.1 Å². The largest absolute Gasteiger partial charge is 0.394 e. The third-order valence-corrected chi connectivity index (χ3v) is 3.90. The average molecular weight is 254 g/mol. The first-order valence-corrected chi connectivity index (χ1v) is 6.38. The monoisotopic (exact) mass is 254 g/mol. The number of anilines is 1. The molecule has 0 atom stereocenters. The molecule has 0 aliphatic heterocycles. The lowest BCUT2D eigenvalue weighted by atomic mass is 10.1. The van der Waals surface area contributed by atoms with Crippen LogP contribution in [0, 0.1) is 0 Å². The van der Waals surface area contributed by atoms with Crippen LogP contribution in [0.4, 0.5) is 5.82 Å². The van der Waals surface area contributed by atoms with Crippen LogP contribution in [0.25, 0.3) is 4.96 Å². The van der Waals surface area contributed by atoms with Crippen molar-refractivity contribution < 1.29 is 5.11 Å². The van der Waals surface area contributed by atoms with Gasteiger partial charge in [0, 0.05) is 25.2 Å². The van der Waals surface area contributed by atoms with Crippen molar-refractivity contribution in [3.05, 3.63) is 17.3 Å². The van der Waals surface area contributed by atoms with Gasteiger partial charge in [0.2, 0.25) is 0 Å². The summed E-state index contributed by atoms with van der Waals surface area (Å²) in [7, 11) is 1.93. The van der Waals surface area contributed by atoms with Crippen molar-refractivity contribution in [3.8, 4) is 0 Å². The molecule has 17 heavy (non-hydrogen) atoms. The van der Waals surface area contributed by atoms with Crippen molar-refractivity contribution in [3.63, 3.8) is 0 Å². The Kier molecular flexibility index (Phi) is 3.11. The van der Waals surface area contributed by atoms with E-state index in [9.17, 15) is 5.11 Å². The fraction of sp³-hybridized carbons (Fsp3) is 0.545. The topological polar surface area (TPSA) is 66.8 Å². The van der Waals surface area contributed by atoms with Crippen molar-refractivity contribution in [2.24, 2.45) is 5.73 Å². The standard InChI is InChI=1S/C11H18N4OS/c1-11(2,7-16)14(3)9-8(6-12)15-4-5-17-10(15)13-9/h4-5,16H,6-7,12H2,1-3H3. The molecule has 0 saturated heterocycles. The Morgan fingerprint density at radius 2 is 2.29 bits per heavy atom. The molecule has 3 N–H and O–H groups in total. The van der Waals surface area contributed by atoms with Gasteiger partial charge in [0.25, 0.3) is 0 Å². The molecule has 2 heterocycles. The van der Waals surface area contributed by atoms with Gasteiger partial charge in [-0.3, -0.25) is 4.40 Å². The van der Waals surface area contributed by atoms with Gasteiger partial charge < -0.3 is 15.7 Å². The average Bonchev–Trinajstić information content (AvgIpc) is 2.87. The minimum Gasteiger partial charge on any atom is -0.394 e. The lowest BCUT2D eigenvalue weighted by Crippen LogP contribution is -2.45. The molecule has 2 rings (SSSR count). The number of hydrogen-bond donors (Lipinski definition) is 2. The van der Waals surface area contributed by atoms with Gasteiger partial charge >= 0.3 is 0 Å². The number of imidazole rings is 1. The van der Waals surface area contributed by atoms with Gasteiger partial charge in [0.15, 0.2) is 10.8 Å². The zero-order valence-corrected chi connectivity index (χ0v) is 11.2. The summed E-state index contributed by atoms with van der Waals surface area (Å²) >= 11 is 1.58. The third-order valence-electron chi connectivity index (χ3n) is 3.15. The molecule has 0 aliphatic carbocycles. The molecule has 0 spiro atoms. The SMILES string of the molecule is CN(c1nc2sccn2c1CN)C(C)(C)CO. The van der Waals surface area contributed by atoms with Crippen LogP contribution in [-0.2, 0) is 6.54 Å². The molecule has 0 aromatic carbocycles. The van der Waals surface area contributed by atoms with Gasteiger partial charge in [0.1, 0.15) is 0 Å². The van der Waals surface area contributed by atoms with Crippen LogP contribution in [0.15, 0.2) is 11.6 Å². The van der Waals surface area contributed by atoms with E-state index < -0.39 is 0 Å². The highest BCUT2D eigenvalue weighted by Gasteiger charge is 2.27. The molecule has 5 nitrogen and oxygen atoms in total. The zero-order chi connectivity index (χ0) is 12.6. The minimum absolute atomic E-state index is 0.0681. The molecule has 0 fully saturated rings. The fourth-order valence-electron chi connectivity index (χ4n) is 1.67. The van der Waals surface area contributed by atoms with E-state index in [1.807, 2.05) is 41.8 Å². The summed E-state index contributed by atoms with van der Waals surface area (Å²) in [4.78, 5) is 7.49. The molecular weight excluding hydrogens is 236 g/mol. The van der Waals surface area contributed by atoms with Gasteiger partial charge in [-0.2, -0.15) is 0 Å². The van der Waals surface area contributed by atoms with Crippen LogP contribution >= 0.6 is 11.3 Å². The Morgan fingerprint density at radius 3 is 2.88 bits per heavy atom. The second-order valence-corrected chi connectivity index (χ2v) is 5.54. The summed E-state index contributed by atoms with van der Waals surface area (Å²) in [5, 5.41) is 11.4. The summed E-state index contributed by atoms with van der Waals surface area (Å²) in [6, 6.07) is 0. The Hall–Kier alpha value is -1.11. The molecule has 2 aromatic rings. The molecule has 0 bridgehead atoms. The first-order chi connectivity index (χ1) is 8.01. The van der Waals surface area contributed by atoms with Crippen molar-refractivity contribution in [1.82, 2.24) is 9.38 Å². The Bertz CT molecular complexity index is 516. The maximum absolute atomic E-state index is 9.41. The van der Waals surface area contributed by atoms with Crippen molar-refractivity contribution in [2.75, 3.05) is 18.6 Å². The summed E-state index contributed by atoms with van der Waals surface area (Å²) in [5.74, 6) is 0.846. The Labute approximate surface area is 104 Å². The third kappa shape index (κ3) is 1.92. The molecule has 0 amide bonds. The van der Waals surface area contributed by atoms with Crippen molar-refractivity contribution in [2.45, 2.75) is 25.9 Å². The number of aliphatic hydroxyl groups is 1. The highest BCUT2D eigenvalue weighted by atomic mass is 32.1. The molecule has 0 unspecified atom stereocenters. The van der Waals surface area contributed by atoms with Gasteiger partial charge in [-0.05, 0) is 13.8 Å². The molecular formula is C11H18N4OS. The predicted octanol–water partition coefficient (Wildman–Crippen LogP) is 1.06. The van der Waals surface area contributed by atoms with Gasteiger partial charge in [0.05, 0.1) is 17.8 Å². The number of likely N-dealkylation sites (N-methyl/N-ethyl adjacent to an activating group) is 1. The summed E-state index contributed by atoms with van der Waals surface area (Å²) in [6.07, 6.45) is 1.97. The first-order valence-electron chi connectivity index (χ1n) is 5.50. The number of aliphatic hydroxyl groups excluding tert-OH is 1. The maximum Gasteiger partial charge on any atom is 0.195 e. The highest BCUT2D eigenvalue weighted by Crippen LogP contribution is 2.27. The summed E-state index contributed by atoms with van der Waals surface area (Å²) in [6.45, 7) is 4.44. The van der Waals surface area contributed by atoms with E-state index in [4.69, 9.17) is 5.73 Å². The first kappa shape index (κ1) is 12.3. The minimum atomic E-state index is -0.353. The van der Waals surface area contributed by atoms with Crippen molar-refractivity contribution in [1.29, 1.82) is 0 Å². The molecule has 0 saturated carbocycles. The Morgan fingerprint density at radius 1 is 1.59 bits per heavy atom. The summed E-state index contributed by atoms with van der Waals surface area (Å²) in [5.41, 5.74) is 6.42. The molecule has 6 heteroatoms. The zero-order valence-electron chi connectivity index (χ0n) is 10.3. The number of thiazole rings is 1. The Balaban J connectivity index is 2.51. The smallest absolute Gasteiger partial charge is 0.195 e. The van der Waals surface area contributed by atoms with Gasteiger partial charge in [-0.1, -0.05) is 0 Å². The second kappa shape index (κ2) is 4.29. The van der Waals surface area contributed by atoms with E-state index in [1.165, 1.54) is 0 Å². The number of hydrogen-bond acceptors (Lipinski definition) is 5. The van der Waals surface area contributed by atoms with E-state index in [1.54, 1.807) is 11.3 Å². The van der Waals surface area contributed by atoms with E-state index >= 15 is 0 Å². The van der Waals surface area contributed by atoms with Crippen LogP contribution in [0.5, 0.6) is 0 Å². The molecule has 94 valence electrons. The van der Waals surface area contributed by atoms with E-state index in [-0.39, 0.29) is 12.1 Å². The van der Waals surface area contributed by atoms with Crippen LogP contribution in [0.2, 0.25) is 0 Å². The van der Waals surface area contributed by atoms with Crippen LogP contribution in [0.1, 0.15) is 19.5 Å². The van der Waals surface area contributed by atoms with Gasteiger partial charge in [-0.15, -0.1) is 11.3 Å². The predicted molar refractivity (Wildman–Crippen MR) is 70.5 cm³/mol. The number of aromatic nitrogens is 2. The summed E-state index contributed by atoms with van der Waals surface area (Å²) < 4.78 is 2.00. The maximum atomic E-state index is 9.41. The van der Waals surface area contributed by atoms with Crippen LogP contribution in [-0.4, -0.2) is 33.7 Å². The fourth-order valence-corrected chi connectivity index (χ4v) is 2.40. The molecule has 0 aliphatic rings. The van der Waals surface area contributed by atoms with E-state index in [2.05, 4.69) is 4.98 Å². The molecule has 0 radical (unpaired) electrons. The lowest BCUT2D eigenvalue weighted by Gasteiger charge is -2.34. The number of fused-ring (bicyclic) bond motifs is 1. The molecule has 2 aromatic heterocycles. The second-order valence-electron chi connectivity index (χ2n) is 4.67. The van der Waals surface area contributed by atoms with Crippen LogP contribution < -0.4 is 10.6 Å². The lowest BCUT2D eigenvalue weighted by molar-refractivity contribution is 0.215. The number of nitrogens with two attached hydrogens (primary N) is 1. The highest BCUT2D eigenvalue weighted by molar-refractivity contribution is 7.15. The number of nitrogens with zero attached hydrogens (tertiary/aromatic N) is 3. The quantitative estimate of drug-likeness (QED) is 0.856. The van der Waals surface area contributed by atoms with E-state index in [0.29, 0.717) is 6.54 Å². The normalized spacial score (nSPS) is 12.3. The van der Waals surface area contributed by atoms with Crippen LogP contribution in [0.3, 0.4) is 0 Å².